The average Bonchev–Trinajstić information content (AvgIpc) is 2.86. The molecule has 0 fully saturated rings. The Morgan fingerprint density at radius 1 is 0.946 bits per heavy atom. The van der Waals surface area contributed by atoms with Crippen molar-refractivity contribution in [2.45, 2.75) is 59.4 Å². The highest BCUT2D eigenvalue weighted by atomic mass is 16.3. The van der Waals surface area contributed by atoms with E-state index in [2.05, 4.69) is 43.3 Å². The molecule has 0 atom stereocenters. The molecule has 0 unspecified atom stereocenters. The topological polar surface area (TPSA) is 96.2 Å². The minimum Gasteiger partial charge on any atom is -0.508 e. The van der Waals surface area contributed by atoms with Crippen molar-refractivity contribution in [1.82, 2.24) is 9.55 Å². The molecule has 3 N–H and O–H groups in total. The molecule has 0 aliphatic rings. The van der Waals surface area contributed by atoms with Gasteiger partial charge in [-0.1, -0.05) is 65.0 Å². The number of urea groups is 1. The molecule has 2 amide bonds. The Labute approximate surface area is 217 Å². The van der Waals surface area contributed by atoms with E-state index in [0.29, 0.717) is 28.7 Å². The minimum atomic E-state index is -0.500. The van der Waals surface area contributed by atoms with Crippen LogP contribution in [-0.2, 0) is 6.54 Å². The zero-order valence-corrected chi connectivity index (χ0v) is 22.0. The van der Waals surface area contributed by atoms with Gasteiger partial charge in [0, 0.05) is 29.4 Å². The van der Waals surface area contributed by atoms with Crippen molar-refractivity contribution in [3.8, 4) is 16.9 Å². The highest BCUT2D eigenvalue weighted by molar-refractivity contribution is 6.07. The van der Waals surface area contributed by atoms with E-state index in [-0.39, 0.29) is 28.8 Å². The van der Waals surface area contributed by atoms with Crippen molar-refractivity contribution >= 4 is 28.4 Å². The van der Waals surface area contributed by atoms with Crippen LogP contribution in [0.5, 0.6) is 5.75 Å². The van der Waals surface area contributed by atoms with Crippen LogP contribution < -0.4 is 16.2 Å². The number of benzene rings is 2. The van der Waals surface area contributed by atoms with Crippen LogP contribution in [0.25, 0.3) is 22.2 Å². The molecular weight excluding hydrogens is 464 g/mol. The first-order valence-corrected chi connectivity index (χ1v) is 12.7. The lowest BCUT2D eigenvalue weighted by Crippen LogP contribution is -2.30. The molecule has 0 spiro atoms. The van der Waals surface area contributed by atoms with E-state index >= 15 is 0 Å². The monoisotopic (exact) mass is 498 g/mol. The van der Waals surface area contributed by atoms with Gasteiger partial charge in [-0.15, -0.1) is 0 Å². The molecule has 2 heterocycles. The Hall–Kier alpha value is -4.13. The number of aromatic hydroxyl groups is 1. The predicted molar refractivity (Wildman–Crippen MR) is 151 cm³/mol. The molecule has 0 aliphatic heterocycles. The number of hydrogen-bond donors (Lipinski definition) is 3. The Balaban J connectivity index is 1.89. The summed E-state index contributed by atoms with van der Waals surface area (Å²) in [7, 11) is 0. The summed E-state index contributed by atoms with van der Waals surface area (Å²) in [6.45, 7) is 10.8. The van der Waals surface area contributed by atoms with E-state index in [9.17, 15) is 14.7 Å². The molecule has 192 valence electrons. The Morgan fingerprint density at radius 3 is 2.22 bits per heavy atom. The van der Waals surface area contributed by atoms with Gasteiger partial charge >= 0.3 is 6.03 Å². The van der Waals surface area contributed by atoms with E-state index in [1.165, 1.54) is 0 Å². The number of carbonyl (C=O) groups is 1. The minimum absolute atomic E-state index is 0.0649. The third-order valence-corrected chi connectivity index (χ3v) is 6.45. The fourth-order valence-electron chi connectivity index (χ4n) is 4.74. The first-order valence-electron chi connectivity index (χ1n) is 12.7. The maximum absolute atomic E-state index is 13.8. The number of hydrogen-bond acceptors (Lipinski definition) is 4. The number of nitrogens with one attached hydrogen (secondary N) is 2. The number of aryl methyl sites for hydroxylation is 1. The van der Waals surface area contributed by atoms with Crippen LogP contribution in [0.4, 0.5) is 16.2 Å². The lowest BCUT2D eigenvalue weighted by atomic mass is 9.93. The summed E-state index contributed by atoms with van der Waals surface area (Å²) >= 11 is 0. The summed E-state index contributed by atoms with van der Waals surface area (Å²) in [6.07, 6.45) is 2.37. The normalized spacial score (nSPS) is 11.3. The van der Waals surface area contributed by atoms with E-state index in [1.807, 2.05) is 31.2 Å². The molecule has 7 nitrogen and oxygen atoms in total. The zero-order chi connectivity index (χ0) is 26.7. The summed E-state index contributed by atoms with van der Waals surface area (Å²) in [4.78, 5) is 31.8. The van der Waals surface area contributed by atoms with Crippen LogP contribution in [0.3, 0.4) is 0 Å². The quantitative estimate of drug-likeness (QED) is 0.254. The number of amides is 2. The van der Waals surface area contributed by atoms with Crippen LogP contribution in [-0.4, -0.2) is 20.7 Å². The zero-order valence-electron chi connectivity index (χ0n) is 22.0. The van der Waals surface area contributed by atoms with Gasteiger partial charge in [-0.25, -0.2) is 9.78 Å². The lowest BCUT2D eigenvalue weighted by Gasteiger charge is -2.21. The maximum atomic E-state index is 13.8. The molecule has 4 rings (SSSR count). The van der Waals surface area contributed by atoms with Crippen molar-refractivity contribution in [1.29, 1.82) is 0 Å². The van der Waals surface area contributed by atoms with Crippen molar-refractivity contribution < 1.29 is 9.90 Å². The smallest absolute Gasteiger partial charge is 0.323 e. The number of para-hydroxylation sites is 1. The number of carbonyl (C=O) groups excluding carboxylic acids is 1. The van der Waals surface area contributed by atoms with Gasteiger partial charge in [-0.2, -0.15) is 0 Å². The molecule has 0 aliphatic carbocycles. The predicted octanol–water partition coefficient (Wildman–Crippen LogP) is 7.07. The van der Waals surface area contributed by atoms with Gasteiger partial charge in [0.05, 0.1) is 0 Å². The molecule has 0 bridgehead atoms. The maximum Gasteiger partial charge on any atom is 0.323 e. The number of pyridine rings is 2. The number of nitrogens with zero attached hydrogens (tertiary/aromatic N) is 2. The van der Waals surface area contributed by atoms with Crippen molar-refractivity contribution in [2.75, 3.05) is 10.6 Å². The van der Waals surface area contributed by atoms with Crippen molar-refractivity contribution in [2.24, 2.45) is 0 Å². The average molecular weight is 499 g/mol. The van der Waals surface area contributed by atoms with Crippen LogP contribution in [0.1, 0.15) is 64.0 Å². The standard InChI is InChI=1S/C30H34N4O3/c1-6-16-34-28-24(14-9-15-31-28)25(20-10-7-11-21(35)17-20)27(29(34)36)33-30(37)32-26-22(18(2)3)12-8-13-23(26)19(4)5/h7-15,17-19,35H,6,16H2,1-5H3,(H2,32,33,37). The van der Waals surface area contributed by atoms with Crippen LogP contribution >= 0.6 is 0 Å². The second-order valence-corrected chi connectivity index (χ2v) is 9.83. The molecule has 0 radical (unpaired) electrons. The van der Waals surface area contributed by atoms with E-state index in [4.69, 9.17) is 0 Å². The fraction of sp³-hybridized carbons (Fsp3) is 0.300. The van der Waals surface area contributed by atoms with Gasteiger partial charge in [-0.05, 0) is 59.2 Å². The molecule has 0 saturated heterocycles. The summed E-state index contributed by atoms with van der Waals surface area (Å²) in [5.41, 5.74) is 4.28. The number of anilines is 2. The summed E-state index contributed by atoms with van der Waals surface area (Å²) in [6, 6.07) is 15.9. The lowest BCUT2D eigenvalue weighted by molar-refractivity contribution is 0.262. The number of phenolic OH excluding ortho intramolecular Hbond substituents is 1. The third-order valence-electron chi connectivity index (χ3n) is 6.45. The van der Waals surface area contributed by atoms with Crippen LogP contribution in [0, 0.1) is 0 Å². The molecule has 37 heavy (non-hydrogen) atoms. The molecule has 7 heteroatoms. The summed E-state index contributed by atoms with van der Waals surface area (Å²) < 4.78 is 1.60. The van der Waals surface area contributed by atoms with Crippen molar-refractivity contribution in [3.05, 3.63) is 82.3 Å². The molecule has 4 aromatic rings. The fourth-order valence-corrected chi connectivity index (χ4v) is 4.74. The second-order valence-electron chi connectivity index (χ2n) is 9.83. The second kappa shape index (κ2) is 10.9. The first-order chi connectivity index (χ1) is 17.7. The molecule has 2 aromatic carbocycles. The van der Waals surface area contributed by atoms with Gasteiger partial charge < -0.3 is 15.7 Å². The third kappa shape index (κ3) is 5.21. The number of aromatic nitrogens is 2. The van der Waals surface area contributed by atoms with Gasteiger partial charge in [0.25, 0.3) is 5.56 Å². The summed E-state index contributed by atoms with van der Waals surface area (Å²) in [5, 5.41) is 16.8. The number of fused-ring (bicyclic) bond motifs is 1. The molecule has 0 saturated carbocycles. The van der Waals surface area contributed by atoms with Crippen molar-refractivity contribution in [3.63, 3.8) is 0 Å². The van der Waals surface area contributed by atoms with E-state index in [1.54, 1.807) is 41.1 Å². The van der Waals surface area contributed by atoms with E-state index < -0.39 is 6.03 Å². The first kappa shape index (κ1) is 25.9. The Bertz CT molecular complexity index is 1480. The van der Waals surface area contributed by atoms with E-state index in [0.717, 1.165) is 23.2 Å². The van der Waals surface area contributed by atoms with Gasteiger partial charge in [0.2, 0.25) is 0 Å². The SMILES string of the molecule is CCCn1c(=O)c(NC(=O)Nc2c(C(C)C)cccc2C(C)C)c(-c2cccc(O)c2)c2cccnc21. The largest absolute Gasteiger partial charge is 0.508 e. The molecule has 2 aromatic heterocycles. The highest BCUT2D eigenvalue weighted by Crippen LogP contribution is 2.35. The van der Waals surface area contributed by atoms with Crippen LogP contribution in [0.15, 0.2) is 65.6 Å². The summed E-state index contributed by atoms with van der Waals surface area (Å²) in [5.74, 6) is 0.464. The Morgan fingerprint density at radius 2 is 1.59 bits per heavy atom. The highest BCUT2D eigenvalue weighted by Gasteiger charge is 2.22. The van der Waals surface area contributed by atoms with Gasteiger partial charge in [0.1, 0.15) is 17.1 Å². The number of phenols is 1. The number of rotatable bonds is 7. The molecular formula is C30H34N4O3. The Kier molecular flexibility index (Phi) is 7.62. The van der Waals surface area contributed by atoms with Gasteiger partial charge in [-0.3, -0.25) is 9.36 Å². The van der Waals surface area contributed by atoms with Crippen LogP contribution in [0.2, 0.25) is 0 Å². The van der Waals surface area contributed by atoms with Gasteiger partial charge in [0.15, 0.2) is 0 Å².